The molecule has 0 N–H and O–H groups in total. The highest BCUT2D eigenvalue weighted by atomic mass is 35.5. The van der Waals surface area contributed by atoms with E-state index in [1.165, 1.54) is 4.31 Å². The van der Waals surface area contributed by atoms with Crippen LogP contribution in [0.2, 0.25) is 10.0 Å². The van der Waals surface area contributed by atoms with Crippen LogP contribution < -0.4 is 4.90 Å². The van der Waals surface area contributed by atoms with Crippen molar-refractivity contribution < 1.29 is 8.42 Å². The van der Waals surface area contributed by atoms with Crippen molar-refractivity contribution in [2.45, 2.75) is 20.3 Å². The third kappa shape index (κ3) is 3.69. The second kappa shape index (κ2) is 7.23. The Morgan fingerprint density at radius 1 is 1.08 bits per heavy atom. The van der Waals surface area contributed by atoms with Gasteiger partial charge in [-0.25, -0.2) is 18.4 Å². The zero-order valence-corrected chi connectivity index (χ0v) is 16.5. The van der Waals surface area contributed by atoms with E-state index >= 15 is 0 Å². The smallest absolute Gasteiger partial charge is 0.213 e. The number of aromatic nitrogens is 2. The van der Waals surface area contributed by atoms with E-state index in [0.717, 1.165) is 11.2 Å². The molecule has 1 aromatic carbocycles. The van der Waals surface area contributed by atoms with Gasteiger partial charge in [-0.3, -0.25) is 0 Å². The molecule has 9 heteroatoms. The predicted octanol–water partition coefficient (Wildman–Crippen LogP) is 2.97. The van der Waals surface area contributed by atoms with Crippen molar-refractivity contribution in [1.82, 2.24) is 14.3 Å². The number of benzene rings is 1. The maximum Gasteiger partial charge on any atom is 0.213 e. The summed E-state index contributed by atoms with van der Waals surface area (Å²) in [6.07, 6.45) is 0.687. The van der Waals surface area contributed by atoms with Gasteiger partial charge < -0.3 is 4.90 Å². The molecule has 0 amide bonds. The van der Waals surface area contributed by atoms with E-state index in [1.807, 2.05) is 13.0 Å². The Bertz CT molecular complexity index is 897. The Morgan fingerprint density at radius 3 is 2.36 bits per heavy atom. The van der Waals surface area contributed by atoms with Gasteiger partial charge in [-0.05, 0) is 19.1 Å². The largest absolute Gasteiger partial charge is 0.353 e. The summed E-state index contributed by atoms with van der Waals surface area (Å²) in [6.45, 7) is 5.67. The highest BCUT2D eigenvalue weighted by Crippen LogP contribution is 2.32. The van der Waals surface area contributed by atoms with Crippen LogP contribution in [0.25, 0.3) is 10.9 Å². The lowest BCUT2D eigenvalue weighted by molar-refractivity contribution is 0.384. The summed E-state index contributed by atoms with van der Waals surface area (Å²) in [6, 6.07) is 3.49. The molecule has 1 aliphatic rings. The van der Waals surface area contributed by atoms with Gasteiger partial charge in [-0.1, -0.05) is 30.1 Å². The lowest BCUT2D eigenvalue weighted by atomic mass is 10.2. The number of nitrogens with zero attached hydrogens (tertiary/aromatic N) is 4. The Balaban J connectivity index is 1.99. The van der Waals surface area contributed by atoms with Gasteiger partial charge in [0.2, 0.25) is 10.0 Å². The molecular weight excluding hydrogens is 383 g/mol. The standard InChI is InChI=1S/C16H20Cl2N4O2S/c1-3-14-19-15-12(9-11(17)10-13(15)18)16(20-14)21-5-7-22(8-6-21)25(23,24)4-2/h9-10H,3-8H2,1-2H3. The third-order valence-corrected chi connectivity index (χ3v) is 6.75. The molecule has 1 saturated heterocycles. The molecule has 25 heavy (non-hydrogen) atoms. The Hall–Kier alpha value is -1.15. The zero-order valence-electron chi connectivity index (χ0n) is 14.2. The molecule has 1 aliphatic heterocycles. The van der Waals surface area contributed by atoms with Crippen molar-refractivity contribution in [1.29, 1.82) is 0 Å². The second-order valence-electron chi connectivity index (χ2n) is 5.89. The summed E-state index contributed by atoms with van der Waals surface area (Å²) >= 11 is 12.5. The third-order valence-electron chi connectivity index (χ3n) is 4.36. The average Bonchev–Trinajstić information content (AvgIpc) is 2.61. The first-order chi connectivity index (χ1) is 11.9. The molecule has 0 atom stereocenters. The van der Waals surface area contributed by atoms with Crippen molar-refractivity contribution >= 4 is 49.9 Å². The highest BCUT2D eigenvalue weighted by molar-refractivity contribution is 7.89. The summed E-state index contributed by atoms with van der Waals surface area (Å²) in [5, 5.41) is 1.81. The number of aryl methyl sites for hydroxylation is 1. The number of halogens is 2. The fraction of sp³-hybridized carbons (Fsp3) is 0.500. The number of rotatable bonds is 4. The van der Waals surface area contributed by atoms with Gasteiger partial charge in [0.05, 0.1) is 16.3 Å². The van der Waals surface area contributed by atoms with Gasteiger partial charge in [0, 0.05) is 43.0 Å². The Morgan fingerprint density at radius 2 is 1.76 bits per heavy atom. The molecule has 0 unspecified atom stereocenters. The number of anilines is 1. The molecule has 0 saturated carbocycles. The molecule has 6 nitrogen and oxygen atoms in total. The fourth-order valence-electron chi connectivity index (χ4n) is 2.95. The van der Waals surface area contributed by atoms with Crippen LogP contribution in [0.4, 0.5) is 5.82 Å². The monoisotopic (exact) mass is 402 g/mol. The number of piperazine rings is 1. The molecule has 136 valence electrons. The zero-order chi connectivity index (χ0) is 18.2. The van der Waals surface area contributed by atoms with Gasteiger partial charge >= 0.3 is 0 Å². The van der Waals surface area contributed by atoms with E-state index < -0.39 is 10.0 Å². The van der Waals surface area contributed by atoms with Crippen LogP contribution in [0.5, 0.6) is 0 Å². The summed E-state index contributed by atoms with van der Waals surface area (Å²) in [7, 11) is -3.16. The van der Waals surface area contributed by atoms with Crippen LogP contribution in [0.1, 0.15) is 19.7 Å². The summed E-state index contributed by atoms with van der Waals surface area (Å²) in [5.74, 6) is 1.59. The molecule has 1 aromatic heterocycles. The van der Waals surface area contributed by atoms with Crippen molar-refractivity contribution in [3.05, 3.63) is 28.0 Å². The minimum Gasteiger partial charge on any atom is -0.353 e. The van der Waals surface area contributed by atoms with Crippen molar-refractivity contribution in [2.75, 3.05) is 36.8 Å². The Kier molecular flexibility index (Phi) is 5.39. The molecule has 3 rings (SSSR count). The summed E-state index contributed by atoms with van der Waals surface area (Å²) in [5.41, 5.74) is 0.677. The van der Waals surface area contributed by atoms with Crippen molar-refractivity contribution in [3.63, 3.8) is 0 Å². The quantitative estimate of drug-likeness (QED) is 0.785. The fourth-order valence-corrected chi connectivity index (χ4v) is 4.57. The highest BCUT2D eigenvalue weighted by Gasteiger charge is 2.27. The molecule has 0 spiro atoms. The van der Waals surface area contributed by atoms with Crippen LogP contribution >= 0.6 is 23.2 Å². The van der Waals surface area contributed by atoms with Gasteiger partial charge in [0.25, 0.3) is 0 Å². The van der Waals surface area contributed by atoms with E-state index in [9.17, 15) is 8.42 Å². The van der Waals surface area contributed by atoms with Crippen molar-refractivity contribution in [2.24, 2.45) is 0 Å². The molecule has 1 fully saturated rings. The summed E-state index contributed by atoms with van der Waals surface area (Å²) < 4.78 is 25.6. The number of hydrogen-bond donors (Lipinski definition) is 0. The van der Waals surface area contributed by atoms with E-state index in [-0.39, 0.29) is 5.75 Å². The van der Waals surface area contributed by atoms with Gasteiger partial charge in [-0.2, -0.15) is 4.31 Å². The predicted molar refractivity (Wildman–Crippen MR) is 102 cm³/mol. The molecule has 0 radical (unpaired) electrons. The van der Waals surface area contributed by atoms with Gasteiger partial charge in [0.1, 0.15) is 11.6 Å². The first-order valence-electron chi connectivity index (χ1n) is 8.24. The minimum atomic E-state index is -3.16. The topological polar surface area (TPSA) is 66.4 Å². The summed E-state index contributed by atoms with van der Waals surface area (Å²) in [4.78, 5) is 11.3. The van der Waals surface area contributed by atoms with E-state index in [0.29, 0.717) is 54.0 Å². The van der Waals surface area contributed by atoms with Gasteiger partial charge in [0.15, 0.2) is 0 Å². The lowest BCUT2D eigenvalue weighted by Crippen LogP contribution is -2.49. The minimum absolute atomic E-state index is 0.120. The lowest BCUT2D eigenvalue weighted by Gasteiger charge is -2.35. The van der Waals surface area contributed by atoms with Crippen LogP contribution in [0.3, 0.4) is 0 Å². The number of hydrogen-bond acceptors (Lipinski definition) is 5. The van der Waals surface area contributed by atoms with Crippen LogP contribution in [-0.2, 0) is 16.4 Å². The molecule has 2 heterocycles. The second-order valence-corrected chi connectivity index (χ2v) is 8.99. The first kappa shape index (κ1) is 18.6. The molecule has 0 bridgehead atoms. The van der Waals surface area contributed by atoms with Crippen LogP contribution in [-0.4, -0.2) is 54.6 Å². The normalized spacial score (nSPS) is 16.6. The average molecular weight is 403 g/mol. The molecule has 0 aliphatic carbocycles. The van der Waals surface area contributed by atoms with E-state index in [2.05, 4.69) is 14.9 Å². The van der Waals surface area contributed by atoms with Crippen LogP contribution in [0.15, 0.2) is 12.1 Å². The Labute approximate surface area is 157 Å². The van der Waals surface area contributed by atoms with E-state index in [1.54, 1.807) is 13.0 Å². The number of fused-ring (bicyclic) bond motifs is 1. The number of sulfonamides is 1. The first-order valence-corrected chi connectivity index (χ1v) is 10.6. The SMILES string of the molecule is CCc1nc(N2CCN(S(=O)(=O)CC)CC2)c2cc(Cl)cc(Cl)c2n1. The van der Waals surface area contributed by atoms with Gasteiger partial charge in [-0.15, -0.1) is 0 Å². The molecular formula is C16H20Cl2N4O2S. The van der Waals surface area contributed by atoms with E-state index in [4.69, 9.17) is 23.2 Å². The van der Waals surface area contributed by atoms with Crippen LogP contribution in [0, 0.1) is 0 Å². The maximum atomic E-state index is 12.0. The maximum absolute atomic E-state index is 12.0. The molecule has 2 aromatic rings. The van der Waals surface area contributed by atoms with Crippen molar-refractivity contribution in [3.8, 4) is 0 Å².